The number of allylic oxidation sites excluding steroid dienone is 12. The summed E-state index contributed by atoms with van der Waals surface area (Å²) in [5.74, 6) is 1.46. The smallest absolute Gasteiger partial charge is 0.0281 e. The number of rotatable bonds is 8. The molecule has 4 aliphatic carbocycles. The van der Waals surface area contributed by atoms with Crippen molar-refractivity contribution in [2.45, 2.75) is 77.0 Å². The Balaban J connectivity index is 1.16. The van der Waals surface area contributed by atoms with Gasteiger partial charge in [0.25, 0.3) is 0 Å². The molecule has 0 N–H and O–H groups in total. The molecule has 1 fully saturated rings. The highest BCUT2D eigenvalue weighted by molar-refractivity contribution is 5.60. The number of benzene rings is 1. The Hall–Kier alpha value is -2.34. The van der Waals surface area contributed by atoms with E-state index in [-0.39, 0.29) is 0 Å². The van der Waals surface area contributed by atoms with E-state index in [2.05, 4.69) is 72.9 Å². The van der Waals surface area contributed by atoms with E-state index in [1.54, 1.807) is 0 Å². The lowest BCUT2D eigenvalue weighted by Crippen LogP contribution is -2.12. The summed E-state index contributed by atoms with van der Waals surface area (Å²) in [7, 11) is 0. The maximum atomic E-state index is 2.41. The maximum Gasteiger partial charge on any atom is 0.0281 e. The molecule has 0 spiro atoms. The van der Waals surface area contributed by atoms with Crippen molar-refractivity contribution in [3.63, 3.8) is 0 Å². The molecule has 0 saturated heterocycles. The second-order valence-corrected chi connectivity index (χ2v) is 10.2. The molecule has 1 aromatic rings. The van der Waals surface area contributed by atoms with Crippen LogP contribution in [-0.4, -0.2) is 0 Å². The molecule has 1 atom stereocenters. The number of fused-ring (bicyclic) bond motifs is 1. The van der Waals surface area contributed by atoms with E-state index >= 15 is 0 Å². The lowest BCUT2D eigenvalue weighted by molar-refractivity contribution is 0.330. The molecule has 32 heavy (non-hydrogen) atoms. The molecular weight excluding hydrogens is 384 g/mol. The van der Waals surface area contributed by atoms with E-state index < -0.39 is 0 Å². The number of hydrogen-bond donors (Lipinski definition) is 0. The zero-order valence-electron chi connectivity index (χ0n) is 19.6. The first-order valence-electron chi connectivity index (χ1n) is 13.1. The SMILES string of the molecule is C1=CC2C(C3=CCCC=C3)=CC=C(Cc3ccc(CCCCC4CCCCC4)cc3)C2=C1. The van der Waals surface area contributed by atoms with Gasteiger partial charge in [-0.3, -0.25) is 0 Å². The van der Waals surface area contributed by atoms with Crippen LogP contribution in [-0.2, 0) is 12.8 Å². The number of hydrogen-bond acceptors (Lipinski definition) is 0. The molecule has 0 heterocycles. The summed E-state index contributed by atoms with van der Waals surface area (Å²) in [4.78, 5) is 0. The average molecular weight is 423 g/mol. The molecule has 0 nitrogen and oxygen atoms in total. The summed E-state index contributed by atoms with van der Waals surface area (Å²) < 4.78 is 0. The Bertz CT molecular complexity index is 967. The van der Waals surface area contributed by atoms with E-state index in [0.29, 0.717) is 5.92 Å². The summed E-state index contributed by atoms with van der Waals surface area (Å²) in [6, 6.07) is 9.47. The minimum absolute atomic E-state index is 0.437. The van der Waals surface area contributed by atoms with Gasteiger partial charge in [0, 0.05) is 5.92 Å². The minimum atomic E-state index is 0.437. The van der Waals surface area contributed by atoms with E-state index in [9.17, 15) is 0 Å². The molecule has 4 aliphatic rings. The highest BCUT2D eigenvalue weighted by Crippen LogP contribution is 2.40. The van der Waals surface area contributed by atoms with Gasteiger partial charge in [0.05, 0.1) is 0 Å². The highest BCUT2D eigenvalue weighted by atomic mass is 14.3. The fourth-order valence-electron chi connectivity index (χ4n) is 5.99. The molecule has 0 aliphatic heterocycles. The van der Waals surface area contributed by atoms with Crippen molar-refractivity contribution in [2.75, 3.05) is 0 Å². The average Bonchev–Trinajstić information content (AvgIpc) is 3.35. The zero-order valence-corrected chi connectivity index (χ0v) is 19.6. The standard InChI is InChI=1S/C32H38/c1-3-10-25(11-4-1)12-7-8-13-26-18-20-27(21-19-26)24-29-22-23-31(28-14-5-2-6-15-28)32-17-9-16-30(29)32/h5,9,14-23,25,32H,1-4,6-8,10-13,24H2. The van der Waals surface area contributed by atoms with Crippen LogP contribution >= 0.6 is 0 Å². The normalized spacial score (nSPS) is 22.8. The molecular formula is C32H38. The Labute approximate surface area is 195 Å². The number of unbranched alkanes of at least 4 members (excludes halogenated alkanes) is 1. The quantitative estimate of drug-likeness (QED) is 0.367. The summed E-state index contributed by atoms with van der Waals surface area (Å²) in [6.45, 7) is 0. The van der Waals surface area contributed by atoms with Gasteiger partial charge in [-0.2, -0.15) is 0 Å². The summed E-state index contributed by atoms with van der Waals surface area (Å²) >= 11 is 0. The number of aryl methyl sites for hydroxylation is 1. The van der Waals surface area contributed by atoms with Gasteiger partial charge in [-0.1, -0.05) is 118 Å². The van der Waals surface area contributed by atoms with Crippen molar-refractivity contribution in [3.05, 3.63) is 106 Å². The van der Waals surface area contributed by atoms with Crippen molar-refractivity contribution >= 4 is 0 Å². The lowest BCUT2D eigenvalue weighted by atomic mass is 9.78. The maximum absolute atomic E-state index is 2.41. The fraction of sp³-hybridized carbons (Fsp3) is 0.438. The Morgan fingerprint density at radius 1 is 0.781 bits per heavy atom. The van der Waals surface area contributed by atoms with Crippen LogP contribution in [0, 0.1) is 11.8 Å². The monoisotopic (exact) mass is 422 g/mol. The molecule has 166 valence electrons. The minimum Gasteiger partial charge on any atom is -0.0836 e. The van der Waals surface area contributed by atoms with Crippen LogP contribution in [0.4, 0.5) is 0 Å². The molecule has 5 rings (SSSR count). The van der Waals surface area contributed by atoms with E-state index in [1.165, 1.54) is 104 Å². The lowest BCUT2D eigenvalue weighted by Gasteiger charge is -2.26. The third kappa shape index (κ3) is 5.17. The van der Waals surface area contributed by atoms with Gasteiger partial charge in [0.15, 0.2) is 0 Å². The van der Waals surface area contributed by atoms with Gasteiger partial charge < -0.3 is 0 Å². The van der Waals surface area contributed by atoms with Crippen molar-refractivity contribution < 1.29 is 0 Å². The van der Waals surface area contributed by atoms with Gasteiger partial charge in [-0.15, -0.1) is 0 Å². The Morgan fingerprint density at radius 2 is 1.62 bits per heavy atom. The summed E-state index contributed by atoms with van der Waals surface area (Å²) in [5, 5.41) is 0. The first-order valence-corrected chi connectivity index (χ1v) is 13.1. The van der Waals surface area contributed by atoms with Crippen molar-refractivity contribution in [3.8, 4) is 0 Å². The van der Waals surface area contributed by atoms with Crippen LogP contribution in [0.15, 0.2) is 95.2 Å². The second kappa shape index (κ2) is 10.5. The molecule has 0 amide bonds. The first-order chi connectivity index (χ1) is 15.9. The summed E-state index contributed by atoms with van der Waals surface area (Å²) in [5.41, 5.74) is 8.80. The predicted molar refractivity (Wildman–Crippen MR) is 138 cm³/mol. The van der Waals surface area contributed by atoms with Crippen LogP contribution in [0.3, 0.4) is 0 Å². The second-order valence-electron chi connectivity index (χ2n) is 10.2. The largest absolute Gasteiger partial charge is 0.0836 e. The van der Waals surface area contributed by atoms with Gasteiger partial charge in [0.1, 0.15) is 0 Å². The van der Waals surface area contributed by atoms with Crippen molar-refractivity contribution in [1.82, 2.24) is 0 Å². The van der Waals surface area contributed by atoms with Crippen molar-refractivity contribution in [1.29, 1.82) is 0 Å². The van der Waals surface area contributed by atoms with E-state index in [1.807, 2.05) is 0 Å². The van der Waals surface area contributed by atoms with Gasteiger partial charge >= 0.3 is 0 Å². The van der Waals surface area contributed by atoms with E-state index in [4.69, 9.17) is 0 Å². The summed E-state index contributed by atoms with van der Waals surface area (Å²) in [6.07, 6.45) is 34.9. The Morgan fingerprint density at radius 3 is 2.44 bits per heavy atom. The zero-order chi connectivity index (χ0) is 21.6. The third-order valence-electron chi connectivity index (χ3n) is 7.88. The molecule has 0 bridgehead atoms. The third-order valence-corrected chi connectivity index (χ3v) is 7.88. The molecule has 1 unspecified atom stereocenters. The van der Waals surface area contributed by atoms with Crippen LogP contribution in [0.2, 0.25) is 0 Å². The van der Waals surface area contributed by atoms with Crippen LogP contribution in [0.1, 0.15) is 75.3 Å². The molecule has 1 aromatic carbocycles. The Kier molecular flexibility index (Phi) is 7.07. The molecule has 0 radical (unpaired) electrons. The first kappa shape index (κ1) is 21.5. The predicted octanol–water partition coefficient (Wildman–Crippen LogP) is 8.78. The highest BCUT2D eigenvalue weighted by Gasteiger charge is 2.26. The van der Waals surface area contributed by atoms with Gasteiger partial charge in [0.2, 0.25) is 0 Å². The van der Waals surface area contributed by atoms with Crippen LogP contribution < -0.4 is 0 Å². The van der Waals surface area contributed by atoms with Crippen molar-refractivity contribution in [2.24, 2.45) is 11.8 Å². The molecule has 0 heteroatoms. The van der Waals surface area contributed by atoms with Gasteiger partial charge in [-0.05, 0) is 71.4 Å². The van der Waals surface area contributed by atoms with Gasteiger partial charge in [-0.25, -0.2) is 0 Å². The molecule has 1 saturated carbocycles. The fourth-order valence-corrected chi connectivity index (χ4v) is 5.99. The molecule has 0 aromatic heterocycles. The van der Waals surface area contributed by atoms with Crippen LogP contribution in [0.5, 0.6) is 0 Å². The topological polar surface area (TPSA) is 0 Å². The van der Waals surface area contributed by atoms with Crippen LogP contribution in [0.25, 0.3) is 0 Å². The van der Waals surface area contributed by atoms with E-state index in [0.717, 1.165) is 12.3 Å².